The van der Waals surface area contributed by atoms with Gasteiger partial charge in [-0.25, -0.2) is 5.84 Å². The van der Waals surface area contributed by atoms with Crippen LogP contribution in [0.1, 0.15) is 5.69 Å². The molecule has 0 aliphatic rings. The Hall–Kier alpha value is -0.370. The lowest BCUT2D eigenvalue weighted by atomic mass is 10.5. The Morgan fingerprint density at radius 2 is 2.54 bits per heavy atom. The summed E-state index contributed by atoms with van der Waals surface area (Å²) in [5.41, 5.74) is 3.48. The van der Waals surface area contributed by atoms with Crippen molar-refractivity contribution in [2.45, 2.75) is 5.75 Å². The number of ether oxygens (including phenoxy) is 1. The van der Waals surface area contributed by atoms with Gasteiger partial charge in [0.05, 0.1) is 6.61 Å². The number of anilines is 1. The average Bonchev–Trinajstić information content (AvgIpc) is 2.60. The van der Waals surface area contributed by atoms with E-state index in [9.17, 15) is 0 Å². The molecule has 1 heterocycles. The van der Waals surface area contributed by atoms with Crippen molar-refractivity contribution in [1.29, 1.82) is 0 Å². The number of aromatic nitrogens is 2. The van der Waals surface area contributed by atoms with E-state index in [2.05, 4.69) is 15.0 Å². The molecule has 0 spiro atoms. The molecule has 0 fully saturated rings. The molecular weight excluding hydrogens is 208 g/mol. The zero-order valence-electron chi connectivity index (χ0n) is 7.32. The van der Waals surface area contributed by atoms with Gasteiger partial charge < -0.3 is 10.2 Å². The van der Waals surface area contributed by atoms with Crippen molar-refractivity contribution in [2.75, 3.05) is 24.9 Å². The lowest BCUT2D eigenvalue weighted by Gasteiger charge is -1.99. The molecule has 0 atom stereocenters. The van der Waals surface area contributed by atoms with Crippen molar-refractivity contribution in [3.05, 3.63) is 5.69 Å². The van der Waals surface area contributed by atoms with Crippen molar-refractivity contribution in [3.63, 3.8) is 0 Å². The van der Waals surface area contributed by atoms with Crippen molar-refractivity contribution < 1.29 is 4.74 Å². The van der Waals surface area contributed by atoms with Gasteiger partial charge in [0.2, 0.25) is 0 Å². The van der Waals surface area contributed by atoms with Gasteiger partial charge in [-0.1, -0.05) is 4.49 Å². The summed E-state index contributed by atoms with van der Waals surface area (Å²) in [5.74, 6) is 7.05. The third kappa shape index (κ3) is 3.47. The number of nitrogens with two attached hydrogens (primary N) is 1. The van der Waals surface area contributed by atoms with Gasteiger partial charge in [-0.15, -0.1) is 5.10 Å². The van der Waals surface area contributed by atoms with Crippen molar-refractivity contribution in [3.8, 4) is 0 Å². The highest BCUT2D eigenvalue weighted by Gasteiger charge is 2.05. The number of nitrogens with one attached hydrogen (secondary N) is 1. The molecule has 0 aromatic carbocycles. The van der Waals surface area contributed by atoms with E-state index in [1.165, 1.54) is 11.5 Å². The van der Waals surface area contributed by atoms with E-state index >= 15 is 0 Å². The lowest BCUT2D eigenvalue weighted by Crippen LogP contribution is -2.07. The SMILES string of the molecule is COCCSCc1nnsc1NN. The zero-order chi connectivity index (χ0) is 9.52. The fourth-order valence-corrected chi connectivity index (χ4v) is 2.13. The number of rotatable bonds is 6. The Kier molecular flexibility index (Phi) is 5.06. The Morgan fingerprint density at radius 1 is 1.69 bits per heavy atom. The van der Waals surface area contributed by atoms with Crippen LogP contribution in [0.4, 0.5) is 5.00 Å². The molecule has 74 valence electrons. The first-order valence-corrected chi connectivity index (χ1v) is 5.65. The molecule has 0 saturated carbocycles. The van der Waals surface area contributed by atoms with Crippen molar-refractivity contribution in [1.82, 2.24) is 9.59 Å². The molecule has 0 amide bonds. The van der Waals surface area contributed by atoms with Crippen molar-refractivity contribution in [2.24, 2.45) is 5.84 Å². The molecule has 1 aromatic heterocycles. The Morgan fingerprint density at radius 3 is 3.23 bits per heavy atom. The monoisotopic (exact) mass is 220 g/mol. The van der Waals surface area contributed by atoms with Gasteiger partial charge in [0.25, 0.3) is 0 Å². The number of thioether (sulfide) groups is 1. The maximum absolute atomic E-state index is 5.27. The molecule has 7 heteroatoms. The summed E-state index contributed by atoms with van der Waals surface area (Å²) in [6, 6.07) is 0. The van der Waals surface area contributed by atoms with Crippen LogP contribution in [0.25, 0.3) is 0 Å². The van der Waals surface area contributed by atoms with E-state index in [1.807, 2.05) is 0 Å². The van der Waals surface area contributed by atoms with E-state index in [0.717, 1.165) is 28.8 Å². The maximum Gasteiger partial charge on any atom is 0.148 e. The zero-order valence-corrected chi connectivity index (χ0v) is 8.95. The molecule has 1 aromatic rings. The molecule has 0 aliphatic heterocycles. The quantitative estimate of drug-likeness (QED) is 0.418. The van der Waals surface area contributed by atoms with Crippen LogP contribution in [-0.4, -0.2) is 29.1 Å². The lowest BCUT2D eigenvalue weighted by molar-refractivity contribution is 0.218. The summed E-state index contributed by atoms with van der Waals surface area (Å²) in [4.78, 5) is 0. The number of hydrogen-bond donors (Lipinski definition) is 2. The predicted molar refractivity (Wildman–Crippen MR) is 55.8 cm³/mol. The first kappa shape index (κ1) is 10.7. The summed E-state index contributed by atoms with van der Waals surface area (Å²) < 4.78 is 8.72. The highest BCUT2D eigenvalue weighted by atomic mass is 32.2. The average molecular weight is 220 g/mol. The smallest absolute Gasteiger partial charge is 0.148 e. The second-order valence-corrected chi connectivity index (χ2v) is 4.10. The summed E-state index contributed by atoms with van der Waals surface area (Å²) in [6.07, 6.45) is 0. The standard InChI is InChI=1S/C6H12N4OS2/c1-11-2-3-12-4-5-6(8-7)13-10-9-5/h8H,2-4,7H2,1H3. The first-order chi connectivity index (χ1) is 6.38. The van der Waals surface area contributed by atoms with Crippen LogP contribution < -0.4 is 11.3 Å². The van der Waals surface area contributed by atoms with E-state index in [1.54, 1.807) is 18.9 Å². The molecular formula is C6H12N4OS2. The molecule has 0 saturated heterocycles. The number of hydrogen-bond acceptors (Lipinski definition) is 7. The third-order valence-electron chi connectivity index (χ3n) is 1.36. The Balaban J connectivity index is 2.27. The van der Waals surface area contributed by atoms with E-state index in [-0.39, 0.29) is 0 Å². The van der Waals surface area contributed by atoms with E-state index < -0.39 is 0 Å². The van der Waals surface area contributed by atoms with Crippen LogP contribution in [0, 0.1) is 0 Å². The second-order valence-electron chi connectivity index (χ2n) is 2.24. The highest BCUT2D eigenvalue weighted by Crippen LogP contribution is 2.20. The summed E-state index contributed by atoms with van der Waals surface area (Å²) >= 11 is 3.02. The van der Waals surface area contributed by atoms with Crippen LogP contribution in [0.5, 0.6) is 0 Å². The first-order valence-electron chi connectivity index (χ1n) is 3.73. The van der Waals surface area contributed by atoms with Crippen LogP contribution in [-0.2, 0) is 10.5 Å². The highest BCUT2D eigenvalue weighted by molar-refractivity contribution is 7.98. The van der Waals surface area contributed by atoms with Crippen LogP contribution in [0.15, 0.2) is 0 Å². The van der Waals surface area contributed by atoms with Gasteiger partial charge in [-0.05, 0) is 0 Å². The fraction of sp³-hybridized carbons (Fsp3) is 0.667. The number of nitrogen functional groups attached to an aromatic ring is 1. The molecule has 3 N–H and O–H groups in total. The minimum Gasteiger partial charge on any atom is -0.384 e. The van der Waals surface area contributed by atoms with E-state index in [0.29, 0.717) is 0 Å². The van der Waals surface area contributed by atoms with Gasteiger partial charge >= 0.3 is 0 Å². The fourth-order valence-electron chi connectivity index (χ4n) is 0.724. The van der Waals surface area contributed by atoms with Gasteiger partial charge in [0.1, 0.15) is 10.7 Å². The Bertz CT molecular complexity index is 242. The number of nitrogens with zero attached hydrogens (tertiary/aromatic N) is 2. The van der Waals surface area contributed by atoms with Crippen LogP contribution in [0.3, 0.4) is 0 Å². The summed E-state index contributed by atoms with van der Waals surface area (Å²) in [7, 11) is 1.69. The molecule has 0 bridgehead atoms. The maximum atomic E-state index is 5.27. The molecule has 0 unspecified atom stereocenters. The number of hydrazine groups is 1. The topological polar surface area (TPSA) is 73.1 Å². The minimum atomic E-state index is 0.758. The van der Waals surface area contributed by atoms with Crippen molar-refractivity contribution >= 4 is 28.3 Å². The normalized spacial score (nSPS) is 10.3. The van der Waals surface area contributed by atoms with Gasteiger partial charge in [0.15, 0.2) is 0 Å². The third-order valence-corrected chi connectivity index (χ3v) is 2.99. The number of methoxy groups -OCH3 is 1. The van der Waals surface area contributed by atoms with Gasteiger partial charge in [0, 0.05) is 30.1 Å². The van der Waals surface area contributed by atoms with Crippen LogP contribution >= 0.6 is 23.3 Å². The van der Waals surface area contributed by atoms with Crippen LogP contribution in [0.2, 0.25) is 0 Å². The predicted octanol–water partition coefficient (Wildman–Crippen LogP) is 0.703. The second kappa shape index (κ2) is 6.14. The van der Waals surface area contributed by atoms with E-state index in [4.69, 9.17) is 10.6 Å². The van der Waals surface area contributed by atoms with Gasteiger partial charge in [-0.3, -0.25) is 0 Å². The molecule has 0 radical (unpaired) electrons. The molecule has 5 nitrogen and oxygen atoms in total. The molecule has 0 aliphatic carbocycles. The molecule has 1 rings (SSSR count). The summed E-state index contributed by atoms with van der Waals surface area (Å²) in [6.45, 7) is 0.758. The summed E-state index contributed by atoms with van der Waals surface area (Å²) in [5, 5.41) is 4.79. The van der Waals surface area contributed by atoms with Gasteiger partial charge in [-0.2, -0.15) is 11.8 Å². The Labute approximate surface area is 85.2 Å². The largest absolute Gasteiger partial charge is 0.384 e. The molecule has 13 heavy (non-hydrogen) atoms. The minimum absolute atomic E-state index is 0.758.